The van der Waals surface area contributed by atoms with Gasteiger partial charge >= 0.3 is 5.69 Å². The van der Waals surface area contributed by atoms with Gasteiger partial charge in [-0.1, -0.05) is 24.3 Å². The maximum Gasteiger partial charge on any atom is 0.346 e. The van der Waals surface area contributed by atoms with Crippen LogP contribution in [-0.2, 0) is 0 Å². The molecule has 0 bridgehead atoms. The van der Waals surface area contributed by atoms with E-state index in [1.165, 1.54) is 11.3 Å². The van der Waals surface area contributed by atoms with Gasteiger partial charge in [0.2, 0.25) is 0 Å². The zero-order valence-electron chi connectivity index (χ0n) is 11.8. The van der Waals surface area contributed by atoms with Crippen LogP contribution in [0, 0.1) is 6.92 Å². The third kappa shape index (κ3) is 2.96. The van der Waals surface area contributed by atoms with Gasteiger partial charge in [0.25, 0.3) is 5.91 Å². The van der Waals surface area contributed by atoms with Crippen molar-refractivity contribution in [1.29, 1.82) is 0 Å². The molecule has 2 N–H and O–H groups in total. The van der Waals surface area contributed by atoms with Crippen molar-refractivity contribution in [1.82, 2.24) is 9.97 Å². The van der Waals surface area contributed by atoms with E-state index in [1.54, 1.807) is 12.1 Å². The zero-order chi connectivity index (χ0) is 15.5. The molecule has 0 aliphatic heterocycles. The van der Waals surface area contributed by atoms with Crippen molar-refractivity contribution in [2.45, 2.75) is 6.92 Å². The summed E-state index contributed by atoms with van der Waals surface area (Å²) in [5.74, 6) is -0.404. The van der Waals surface area contributed by atoms with Crippen LogP contribution in [0.2, 0.25) is 0 Å². The molecule has 0 atom stereocenters. The Hall–Kier alpha value is -2.73. The summed E-state index contributed by atoms with van der Waals surface area (Å²) in [6, 6.07) is 12.8. The van der Waals surface area contributed by atoms with E-state index in [0.717, 1.165) is 10.4 Å². The Balaban J connectivity index is 1.93. The SMILES string of the molecule is Cc1ccccc1NC(=O)c1cc(-c2cccs2)[nH]c(=O)n1. The number of amides is 1. The molecule has 110 valence electrons. The number of carbonyl (C=O) groups is 1. The largest absolute Gasteiger partial charge is 0.346 e. The van der Waals surface area contributed by atoms with Gasteiger partial charge in [0.05, 0.1) is 10.6 Å². The highest BCUT2D eigenvalue weighted by Crippen LogP contribution is 2.22. The Labute approximate surface area is 130 Å². The molecule has 0 aliphatic rings. The van der Waals surface area contributed by atoms with E-state index >= 15 is 0 Å². The Morgan fingerprint density at radius 2 is 2.05 bits per heavy atom. The number of anilines is 1. The van der Waals surface area contributed by atoms with Crippen LogP contribution in [0.5, 0.6) is 0 Å². The van der Waals surface area contributed by atoms with E-state index in [9.17, 15) is 9.59 Å². The lowest BCUT2D eigenvalue weighted by Crippen LogP contribution is -2.21. The maximum atomic E-state index is 12.3. The van der Waals surface area contributed by atoms with Gasteiger partial charge in [-0.25, -0.2) is 4.79 Å². The summed E-state index contributed by atoms with van der Waals surface area (Å²) in [5, 5.41) is 4.68. The predicted molar refractivity (Wildman–Crippen MR) is 87.3 cm³/mol. The summed E-state index contributed by atoms with van der Waals surface area (Å²) in [7, 11) is 0. The first-order valence-electron chi connectivity index (χ1n) is 6.66. The number of hydrogen-bond donors (Lipinski definition) is 2. The number of thiophene rings is 1. The lowest BCUT2D eigenvalue weighted by atomic mass is 10.2. The minimum atomic E-state index is -0.541. The van der Waals surface area contributed by atoms with Crippen LogP contribution in [-0.4, -0.2) is 15.9 Å². The average molecular weight is 311 g/mol. The fourth-order valence-corrected chi connectivity index (χ4v) is 2.74. The van der Waals surface area contributed by atoms with Crippen molar-refractivity contribution in [3.05, 3.63) is 69.6 Å². The molecular formula is C16H13N3O2S. The highest BCUT2D eigenvalue weighted by atomic mass is 32.1. The first kappa shape index (κ1) is 14.2. The number of hydrogen-bond acceptors (Lipinski definition) is 4. The Morgan fingerprint density at radius 3 is 2.77 bits per heavy atom. The number of aromatic nitrogens is 2. The first-order valence-corrected chi connectivity index (χ1v) is 7.53. The molecule has 0 saturated heterocycles. The van der Waals surface area contributed by atoms with Crippen LogP contribution in [0.3, 0.4) is 0 Å². The Kier molecular flexibility index (Phi) is 3.84. The van der Waals surface area contributed by atoms with Gasteiger partial charge < -0.3 is 10.3 Å². The van der Waals surface area contributed by atoms with Crippen molar-refractivity contribution < 1.29 is 4.79 Å². The van der Waals surface area contributed by atoms with E-state index < -0.39 is 11.6 Å². The third-order valence-corrected chi connectivity index (χ3v) is 4.06. The van der Waals surface area contributed by atoms with Gasteiger partial charge in [-0.3, -0.25) is 4.79 Å². The van der Waals surface area contributed by atoms with Crippen molar-refractivity contribution in [2.75, 3.05) is 5.32 Å². The lowest BCUT2D eigenvalue weighted by Gasteiger charge is -2.08. The molecule has 2 heterocycles. The standard InChI is InChI=1S/C16H13N3O2S/c1-10-5-2-3-6-11(10)17-15(20)13-9-12(18-16(21)19-13)14-7-4-8-22-14/h2-9H,1H3,(H,17,20)(H,18,19,21). The van der Waals surface area contributed by atoms with E-state index in [1.807, 2.05) is 42.6 Å². The summed E-state index contributed by atoms with van der Waals surface area (Å²) in [5.41, 5.74) is 1.78. The van der Waals surface area contributed by atoms with Crippen LogP contribution in [0.1, 0.15) is 16.1 Å². The van der Waals surface area contributed by atoms with Crippen LogP contribution >= 0.6 is 11.3 Å². The first-order chi connectivity index (χ1) is 10.6. The highest BCUT2D eigenvalue weighted by molar-refractivity contribution is 7.13. The van der Waals surface area contributed by atoms with Crippen molar-refractivity contribution >= 4 is 22.9 Å². The van der Waals surface area contributed by atoms with Crippen LogP contribution in [0.15, 0.2) is 52.6 Å². The number of aromatic amines is 1. The van der Waals surface area contributed by atoms with Gasteiger partial charge in [0.15, 0.2) is 0 Å². The third-order valence-electron chi connectivity index (χ3n) is 3.16. The number of H-pyrrole nitrogens is 1. The summed E-state index contributed by atoms with van der Waals surface area (Å²) in [4.78, 5) is 31.3. The second-order valence-electron chi connectivity index (χ2n) is 4.73. The lowest BCUT2D eigenvalue weighted by molar-refractivity contribution is 0.102. The number of nitrogens with one attached hydrogen (secondary N) is 2. The topological polar surface area (TPSA) is 74.8 Å². The van der Waals surface area contributed by atoms with E-state index in [-0.39, 0.29) is 5.69 Å². The van der Waals surface area contributed by atoms with E-state index in [0.29, 0.717) is 11.4 Å². The molecule has 0 spiro atoms. The number of aryl methyl sites for hydroxylation is 1. The molecule has 1 aromatic carbocycles. The second-order valence-corrected chi connectivity index (χ2v) is 5.68. The summed E-state index contributed by atoms with van der Waals surface area (Å²) < 4.78 is 0. The van der Waals surface area contributed by atoms with Crippen LogP contribution in [0.4, 0.5) is 5.69 Å². The number of carbonyl (C=O) groups excluding carboxylic acids is 1. The molecule has 6 heteroatoms. The highest BCUT2D eigenvalue weighted by Gasteiger charge is 2.12. The van der Waals surface area contributed by atoms with Crippen molar-refractivity contribution in [2.24, 2.45) is 0 Å². The predicted octanol–water partition coefficient (Wildman–Crippen LogP) is 3.06. The van der Waals surface area contributed by atoms with Gasteiger partial charge in [-0.15, -0.1) is 11.3 Å². The quantitative estimate of drug-likeness (QED) is 0.780. The van der Waals surface area contributed by atoms with Crippen LogP contribution < -0.4 is 11.0 Å². The smallest absolute Gasteiger partial charge is 0.320 e. The summed E-state index contributed by atoms with van der Waals surface area (Å²) >= 11 is 1.48. The normalized spacial score (nSPS) is 10.4. The molecule has 3 rings (SSSR count). The molecule has 5 nitrogen and oxygen atoms in total. The minimum absolute atomic E-state index is 0.0930. The van der Waals surface area contributed by atoms with Crippen molar-refractivity contribution in [3.63, 3.8) is 0 Å². The molecule has 0 fully saturated rings. The second kappa shape index (κ2) is 5.95. The molecule has 2 aromatic heterocycles. The van der Waals surface area contributed by atoms with Gasteiger partial charge in [-0.2, -0.15) is 4.98 Å². The van der Waals surface area contributed by atoms with Crippen molar-refractivity contribution in [3.8, 4) is 10.6 Å². The van der Waals surface area contributed by atoms with Gasteiger partial charge in [0.1, 0.15) is 5.69 Å². The fraction of sp³-hybridized carbons (Fsp3) is 0.0625. The summed E-state index contributed by atoms with van der Waals surface area (Å²) in [6.45, 7) is 1.90. The molecular weight excluding hydrogens is 298 g/mol. The Bertz CT molecular complexity index is 869. The molecule has 1 amide bonds. The van der Waals surface area contributed by atoms with Crippen LogP contribution in [0.25, 0.3) is 10.6 Å². The minimum Gasteiger partial charge on any atom is -0.320 e. The summed E-state index contributed by atoms with van der Waals surface area (Å²) in [6.07, 6.45) is 0. The fourth-order valence-electron chi connectivity index (χ4n) is 2.04. The monoisotopic (exact) mass is 311 g/mol. The molecule has 0 radical (unpaired) electrons. The number of benzene rings is 1. The Morgan fingerprint density at radius 1 is 1.23 bits per heavy atom. The maximum absolute atomic E-state index is 12.3. The average Bonchev–Trinajstić information content (AvgIpc) is 3.03. The van der Waals surface area contributed by atoms with Gasteiger partial charge in [-0.05, 0) is 36.1 Å². The molecule has 22 heavy (non-hydrogen) atoms. The van der Waals surface area contributed by atoms with E-state index in [2.05, 4.69) is 15.3 Å². The zero-order valence-corrected chi connectivity index (χ0v) is 12.6. The van der Waals surface area contributed by atoms with Gasteiger partial charge in [0, 0.05) is 5.69 Å². The number of rotatable bonds is 3. The van der Waals surface area contributed by atoms with E-state index in [4.69, 9.17) is 0 Å². The number of nitrogens with zero attached hydrogens (tertiary/aromatic N) is 1. The number of para-hydroxylation sites is 1. The molecule has 3 aromatic rings. The molecule has 0 unspecified atom stereocenters. The molecule has 0 saturated carbocycles. The molecule has 0 aliphatic carbocycles.